The fraction of sp³-hybridized carbons (Fsp3) is 0.308. The number of nitrogens with one attached hydrogen (secondary N) is 1. The number of carbonyl (C=O) groups excluding carboxylic acids is 1. The zero-order chi connectivity index (χ0) is 22.8. The molecule has 1 N–H and O–H groups in total. The van der Waals surface area contributed by atoms with Crippen molar-refractivity contribution in [2.75, 3.05) is 13.1 Å². The maximum absolute atomic E-state index is 13.5. The summed E-state index contributed by atoms with van der Waals surface area (Å²) >= 11 is 7.72. The molecule has 0 spiro atoms. The first-order valence-corrected chi connectivity index (χ1v) is 12.6. The fourth-order valence-electron chi connectivity index (χ4n) is 4.66. The summed E-state index contributed by atoms with van der Waals surface area (Å²) < 4.78 is 0.798. The second-order valence-electron chi connectivity index (χ2n) is 8.60. The van der Waals surface area contributed by atoms with Crippen LogP contribution in [0.1, 0.15) is 31.0 Å². The number of aromatic amines is 1. The molecule has 0 radical (unpaired) electrons. The number of H-pyrrole nitrogens is 1. The molecule has 7 heteroatoms. The maximum atomic E-state index is 13.5. The molecule has 1 unspecified atom stereocenters. The van der Waals surface area contributed by atoms with E-state index in [2.05, 4.69) is 58.2 Å². The second-order valence-corrected chi connectivity index (χ2v) is 10.3. The predicted octanol–water partition coefficient (Wildman–Crippen LogP) is 5.96. The molecule has 1 fully saturated rings. The van der Waals surface area contributed by atoms with Crippen LogP contribution in [0.15, 0.2) is 60.9 Å². The summed E-state index contributed by atoms with van der Waals surface area (Å²) in [6.45, 7) is 5.13. The second kappa shape index (κ2) is 9.67. The van der Waals surface area contributed by atoms with Gasteiger partial charge in [0, 0.05) is 53.5 Å². The third-order valence-electron chi connectivity index (χ3n) is 6.27. The van der Waals surface area contributed by atoms with Crippen LogP contribution in [0.5, 0.6) is 0 Å². The van der Waals surface area contributed by atoms with Crippen LogP contribution in [0.25, 0.3) is 21.3 Å². The van der Waals surface area contributed by atoms with Gasteiger partial charge >= 0.3 is 0 Å². The Kier molecular flexibility index (Phi) is 6.49. The number of fused-ring (bicyclic) bond motifs is 1. The highest BCUT2D eigenvalue weighted by Gasteiger charge is 2.34. The summed E-state index contributed by atoms with van der Waals surface area (Å²) in [5.74, 6) is 0.223. The summed E-state index contributed by atoms with van der Waals surface area (Å²) in [5.41, 5.74) is 4.51. The average molecular weight is 479 g/mol. The lowest BCUT2D eigenvalue weighted by molar-refractivity contribution is -0.143. The number of benzene rings is 1. The molecule has 5 nitrogen and oxygen atoms in total. The number of pyridine rings is 1. The summed E-state index contributed by atoms with van der Waals surface area (Å²) in [7, 11) is 0. The number of rotatable bonds is 7. The minimum absolute atomic E-state index is 0.0883. The van der Waals surface area contributed by atoms with E-state index in [9.17, 15) is 4.79 Å². The summed E-state index contributed by atoms with van der Waals surface area (Å²) in [6.07, 6.45) is 5.48. The average Bonchev–Trinajstić information content (AvgIpc) is 3.44. The number of thiophene rings is 1. The van der Waals surface area contributed by atoms with Crippen molar-refractivity contribution in [2.24, 2.45) is 0 Å². The van der Waals surface area contributed by atoms with Crippen molar-refractivity contribution in [1.29, 1.82) is 0 Å². The van der Waals surface area contributed by atoms with E-state index in [1.165, 1.54) is 16.0 Å². The van der Waals surface area contributed by atoms with E-state index in [-0.39, 0.29) is 11.9 Å². The Balaban J connectivity index is 1.31. The zero-order valence-corrected chi connectivity index (χ0v) is 20.2. The van der Waals surface area contributed by atoms with Crippen LogP contribution >= 0.6 is 22.9 Å². The maximum Gasteiger partial charge on any atom is 0.240 e. The lowest BCUT2D eigenvalue weighted by Gasteiger charge is -2.40. The Morgan fingerprint density at radius 1 is 1.15 bits per heavy atom. The normalized spacial score (nSPS) is 17.2. The predicted molar refractivity (Wildman–Crippen MR) is 135 cm³/mol. The molecule has 0 bridgehead atoms. The van der Waals surface area contributed by atoms with E-state index in [1.54, 1.807) is 17.5 Å². The van der Waals surface area contributed by atoms with E-state index >= 15 is 0 Å². The molecule has 33 heavy (non-hydrogen) atoms. The van der Waals surface area contributed by atoms with Gasteiger partial charge in [0.15, 0.2) is 0 Å². The number of hydrogen-bond donors (Lipinski definition) is 1. The van der Waals surface area contributed by atoms with Crippen molar-refractivity contribution < 1.29 is 4.79 Å². The lowest BCUT2D eigenvalue weighted by Crippen LogP contribution is -2.56. The van der Waals surface area contributed by atoms with Crippen molar-refractivity contribution in [1.82, 2.24) is 19.8 Å². The Labute approximate surface area is 203 Å². The number of amides is 1. The van der Waals surface area contributed by atoms with Crippen molar-refractivity contribution in [3.63, 3.8) is 0 Å². The summed E-state index contributed by atoms with van der Waals surface area (Å²) in [4.78, 5) is 26.6. The molecule has 1 aromatic carbocycles. The summed E-state index contributed by atoms with van der Waals surface area (Å²) in [5, 5.41) is 1.08. The highest BCUT2D eigenvalue weighted by Crippen LogP contribution is 2.32. The smallest absolute Gasteiger partial charge is 0.240 e. The van der Waals surface area contributed by atoms with Crippen LogP contribution < -0.4 is 0 Å². The van der Waals surface area contributed by atoms with Gasteiger partial charge in [-0.15, -0.1) is 11.3 Å². The molecular formula is C26H27ClN4OS. The van der Waals surface area contributed by atoms with Crippen LogP contribution in [0, 0.1) is 0 Å². The molecule has 5 rings (SSSR count). The molecule has 4 heterocycles. The fourth-order valence-corrected chi connectivity index (χ4v) is 5.70. The van der Waals surface area contributed by atoms with Gasteiger partial charge in [-0.1, -0.05) is 43.1 Å². The Bertz CT molecular complexity index is 1230. The van der Waals surface area contributed by atoms with Gasteiger partial charge in [-0.05, 0) is 47.9 Å². The van der Waals surface area contributed by atoms with Crippen LogP contribution in [0.3, 0.4) is 0 Å². The Morgan fingerprint density at radius 3 is 2.85 bits per heavy atom. The van der Waals surface area contributed by atoms with E-state index in [1.807, 2.05) is 23.2 Å². The minimum Gasteiger partial charge on any atom is -0.357 e. The molecule has 1 saturated heterocycles. The molecule has 1 atom stereocenters. The van der Waals surface area contributed by atoms with Crippen molar-refractivity contribution in [3.8, 4) is 10.4 Å². The third kappa shape index (κ3) is 4.83. The van der Waals surface area contributed by atoms with Crippen molar-refractivity contribution in [2.45, 2.75) is 38.9 Å². The van der Waals surface area contributed by atoms with E-state index in [0.717, 1.165) is 53.4 Å². The Hall–Kier alpha value is -2.67. The van der Waals surface area contributed by atoms with Gasteiger partial charge in [0.05, 0.1) is 16.9 Å². The first kappa shape index (κ1) is 22.1. The molecule has 1 aliphatic rings. The van der Waals surface area contributed by atoms with Crippen molar-refractivity contribution in [3.05, 3.63) is 76.5 Å². The Morgan fingerprint density at radius 2 is 2.06 bits per heavy atom. The van der Waals surface area contributed by atoms with Gasteiger partial charge in [-0.25, -0.2) is 0 Å². The van der Waals surface area contributed by atoms with Crippen LogP contribution in [-0.2, 0) is 17.9 Å². The number of aromatic nitrogens is 2. The minimum atomic E-state index is -0.0883. The van der Waals surface area contributed by atoms with E-state index in [0.29, 0.717) is 6.54 Å². The number of halogens is 1. The van der Waals surface area contributed by atoms with E-state index in [4.69, 9.17) is 11.6 Å². The molecule has 4 aromatic rings. The van der Waals surface area contributed by atoms with Crippen LogP contribution in [-0.4, -0.2) is 44.8 Å². The SMILES string of the molecule is CCCC1C(=O)N(Cc2cc3cnccc3[nH]2)CCN1Cc1cccc(-c2ccc(Cl)s2)c1. The van der Waals surface area contributed by atoms with Gasteiger partial charge in [0.2, 0.25) is 5.91 Å². The van der Waals surface area contributed by atoms with Gasteiger partial charge in [-0.3, -0.25) is 14.7 Å². The standard InChI is InChI=1S/C26H27ClN4OS/c1-2-4-23-26(32)31(17-21-14-20-15-28-10-9-22(20)29-21)12-11-30(23)16-18-5-3-6-19(13-18)24-7-8-25(27)33-24/h3,5-10,13-15,23,29H,2,4,11-12,16-17H2,1H3. The van der Waals surface area contributed by atoms with E-state index < -0.39 is 0 Å². The lowest BCUT2D eigenvalue weighted by atomic mass is 10.0. The van der Waals surface area contributed by atoms with Crippen LogP contribution in [0.2, 0.25) is 4.34 Å². The van der Waals surface area contributed by atoms with Crippen molar-refractivity contribution >= 4 is 39.7 Å². The quantitative estimate of drug-likeness (QED) is 0.356. The number of nitrogens with zero attached hydrogens (tertiary/aromatic N) is 3. The molecule has 1 aliphatic heterocycles. The third-order valence-corrected chi connectivity index (χ3v) is 7.55. The molecular weight excluding hydrogens is 452 g/mol. The largest absolute Gasteiger partial charge is 0.357 e. The van der Waals surface area contributed by atoms with Gasteiger partial charge < -0.3 is 9.88 Å². The topological polar surface area (TPSA) is 52.2 Å². The highest BCUT2D eigenvalue weighted by molar-refractivity contribution is 7.19. The first-order chi connectivity index (χ1) is 16.1. The molecule has 0 saturated carbocycles. The van der Waals surface area contributed by atoms with Crippen LogP contribution in [0.4, 0.5) is 0 Å². The van der Waals surface area contributed by atoms with Gasteiger partial charge in [-0.2, -0.15) is 0 Å². The number of hydrogen-bond acceptors (Lipinski definition) is 4. The monoisotopic (exact) mass is 478 g/mol. The first-order valence-electron chi connectivity index (χ1n) is 11.4. The molecule has 170 valence electrons. The summed E-state index contributed by atoms with van der Waals surface area (Å²) in [6, 6.07) is 16.6. The van der Waals surface area contributed by atoms with Gasteiger partial charge in [0.1, 0.15) is 0 Å². The number of carbonyl (C=O) groups is 1. The molecule has 0 aliphatic carbocycles. The highest BCUT2D eigenvalue weighted by atomic mass is 35.5. The molecule has 1 amide bonds. The zero-order valence-electron chi connectivity index (χ0n) is 18.6. The molecule has 3 aromatic heterocycles. The number of piperazine rings is 1. The van der Waals surface area contributed by atoms with Gasteiger partial charge in [0.25, 0.3) is 0 Å².